The predicted molar refractivity (Wildman–Crippen MR) is 71.5 cm³/mol. The van der Waals surface area contributed by atoms with E-state index >= 15 is 0 Å². The number of pyridine rings is 1. The zero-order valence-electron chi connectivity index (χ0n) is 11.2. The lowest BCUT2D eigenvalue weighted by atomic mass is 10.3. The Bertz CT molecular complexity index is 497. The van der Waals surface area contributed by atoms with E-state index in [4.69, 9.17) is 13.9 Å². The van der Waals surface area contributed by atoms with Crippen molar-refractivity contribution in [1.82, 2.24) is 10.3 Å². The maximum absolute atomic E-state index is 5.32. The van der Waals surface area contributed by atoms with Gasteiger partial charge in [-0.1, -0.05) is 0 Å². The lowest BCUT2D eigenvalue weighted by Crippen LogP contribution is -2.18. The number of nitrogens with one attached hydrogen (secondary N) is 1. The van der Waals surface area contributed by atoms with Crippen LogP contribution in [0.3, 0.4) is 0 Å². The van der Waals surface area contributed by atoms with E-state index in [0.717, 1.165) is 24.4 Å². The van der Waals surface area contributed by atoms with Crippen molar-refractivity contribution < 1.29 is 13.9 Å². The van der Waals surface area contributed by atoms with Gasteiger partial charge >= 0.3 is 0 Å². The van der Waals surface area contributed by atoms with Gasteiger partial charge in [0.15, 0.2) is 11.5 Å². The van der Waals surface area contributed by atoms with E-state index in [0.29, 0.717) is 18.0 Å². The highest BCUT2D eigenvalue weighted by atomic mass is 16.5. The number of ether oxygens (including phenoxy) is 2. The van der Waals surface area contributed by atoms with Crippen molar-refractivity contribution in [1.29, 1.82) is 0 Å². The fraction of sp³-hybridized carbons (Fsp3) is 0.357. The molecule has 0 aliphatic heterocycles. The van der Waals surface area contributed by atoms with Gasteiger partial charge in [-0.05, 0) is 12.1 Å². The molecule has 0 amide bonds. The smallest absolute Gasteiger partial charge is 0.183 e. The van der Waals surface area contributed by atoms with Gasteiger partial charge in [0.2, 0.25) is 0 Å². The van der Waals surface area contributed by atoms with Crippen molar-refractivity contribution in [3.63, 3.8) is 0 Å². The second-order valence-corrected chi connectivity index (χ2v) is 4.00. The lowest BCUT2D eigenvalue weighted by molar-refractivity contribution is 0.348. The molecule has 0 bridgehead atoms. The van der Waals surface area contributed by atoms with Crippen LogP contribution >= 0.6 is 0 Å². The molecule has 0 aliphatic carbocycles. The first-order chi connectivity index (χ1) is 9.35. The Morgan fingerprint density at radius 3 is 2.84 bits per heavy atom. The van der Waals surface area contributed by atoms with Crippen LogP contribution in [0.15, 0.2) is 35.1 Å². The standard InChI is InChI=1S/C14H18N2O3/c1-17-13-6-8-16-12(14(13)18-2)10-15-7-5-11-4-3-9-19-11/h3-4,6,8-9,15H,5,7,10H2,1-2H3. The van der Waals surface area contributed by atoms with Gasteiger partial charge in [-0.3, -0.25) is 4.98 Å². The lowest BCUT2D eigenvalue weighted by Gasteiger charge is -2.11. The zero-order valence-corrected chi connectivity index (χ0v) is 11.2. The Morgan fingerprint density at radius 1 is 1.26 bits per heavy atom. The molecule has 102 valence electrons. The van der Waals surface area contributed by atoms with Crippen molar-refractivity contribution in [2.45, 2.75) is 13.0 Å². The van der Waals surface area contributed by atoms with Gasteiger partial charge in [0.05, 0.1) is 26.2 Å². The summed E-state index contributed by atoms with van der Waals surface area (Å²) in [6.07, 6.45) is 4.24. The molecule has 19 heavy (non-hydrogen) atoms. The van der Waals surface area contributed by atoms with Crippen molar-refractivity contribution in [3.05, 3.63) is 42.1 Å². The molecule has 0 saturated carbocycles. The molecule has 0 unspecified atom stereocenters. The van der Waals surface area contributed by atoms with Crippen LogP contribution in [0.2, 0.25) is 0 Å². The van der Waals surface area contributed by atoms with E-state index in [1.54, 1.807) is 32.7 Å². The molecule has 2 aromatic rings. The number of furan rings is 1. The Hall–Kier alpha value is -2.01. The van der Waals surface area contributed by atoms with Crippen molar-refractivity contribution in [2.75, 3.05) is 20.8 Å². The van der Waals surface area contributed by atoms with Crippen LogP contribution in [0, 0.1) is 0 Å². The van der Waals surface area contributed by atoms with Crippen LogP contribution in [0.5, 0.6) is 11.5 Å². The van der Waals surface area contributed by atoms with E-state index in [2.05, 4.69) is 10.3 Å². The van der Waals surface area contributed by atoms with Crippen LogP contribution in [0.25, 0.3) is 0 Å². The minimum atomic E-state index is 0.626. The Morgan fingerprint density at radius 2 is 2.16 bits per heavy atom. The number of nitrogens with zero attached hydrogens (tertiary/aromatic N) is 1. The first kappa shape index (κ1) is 13.4. The van der Waals surface area contributed by atoms with Gasteiger partial charge in [0.25, 0.3) is 0 Å². The van der Waals surface area contributed by atoms with E-state index < -0.39 is 0 Å². The third-order valence-corrected chi connectivity index (χ3v) is 2.79. The molecule has 0 fully saturated rings. The molecule has 0 spiro atoms. The average molecular weight is 262 g/mol. The zero-order chi connectivity index (χ0) is 13.5. The molecule has 0 saturated heterocycles. The molecular weight excluding hydrogens is 244 g/mol. The molecule has 0 aromatic carbocycles. The van der Waals surface area contributed by atoms with Crippen molar-refractivity contribution >= 4 is 0 Å². The monoisotopic (exact) mass is 262 g/mol. The molecule has 0 aliphatic rings. The van der Waals surface area contributed by atoms with E-state index in [9.17, 15) is 0 Å². The Labute approximate surface area is 112 Å². The van der Waals surface area contributed by atoms with Gasteiger partial charge in [0.1, 0.15) is 5.76 Å². The van der Waals surface area contributed by atoms with Crippen LogP contribution in [-0.4, -0.2) is 25.7 Å². The van der Waals surface area contributed by atoms with Gasteiger partial charge < -0.3 is 19.2 Å². The normalized spacial score (nSPS) is 10.4. The number of hydrogen-bond acceptors (Lipinski definition) is 5. The molecule has 0 atom stereocenters. The number of aromatic nitrogens is 1. The van der Waals surface area contributed by atoms with Crippen LogP contribution < -0.4 is 14.8 Å². The molecule has 2 aromatic heterocycles. The quantitative estimate of drug-likeness (QED) is 0.774. The highest BCUT2D eigenvalue weighted by Crippen LogP contribution is 2.28. The van der Waals surface area contributed by atoms with Crippen LogP contribution in [-0.2, 0) is 13.0 Å². The first-order valence-electron chi connectivity index (χ1n) is 6.14. The Balaban J connectivity index is 1.88. The summed E-state index contributed by atoms with van der Waals surface area (Å²) >= 11 is 0. The van der Waals surface area contributed by atoms with Crippen molar-refractivity contribution in [2.24, 2.45) is 0 Å². The maximum atomic E-state index is 5.32. The molecule has 2 heterocycles. The van der Waals surface area contributed by atoms with Gasteiger partial charge in [-0.15, -0.1) is 0 Å². The highest BCUT2D eigenvalue weighted by Gasteiger charge is 2.10. The van der Waals surface area contributed by atoms with Crippen LogP contribution in [0.1, 0.15) is 11.5 Å². The third-order valence-electron chi connectivity index (χ3n) is 2.79. The van der Waals surface area contributed by atoms with Gasteiger partial charge in [-0.25, -0.2) is 0 Å². The van der Waals surface area contributed by atoms with Crippen LogP contribution in [0.4, 0.5) is 0 Å². The topological polar surface area (TPSA) is 56.5 Å². The maximum Gasteiger partial charge on any atom is 0.183 e. The second-order valence-electron chi connectivity index (χ2n) is 4.00. The highest BCUT2D eigenvalue weighted by molar-refractivity contribution is 5.42. The summed E-state index contributed by atoms with van der Waals surface area (Å²) in [6, 6.07) is 5.64. The molecule has 2 rings (SSSR count). The summed E-state index contributed by atoms with van der Waals surface area (Å²) in [5.41, 5.74) is 0.835. The summed E-state index contributed by atoms with van der Waals surface area (Å²) in [5.74, 6) is 2.34. The number of rotatable bonds is 7. The number of hydrogen-bond donors (Lipinski definition) is 1. The SMILES string of the molecule is COc1ccnc(CNCCc2ccco2)c1OC. The summed E-state index contributed by atoms with van der Waals surface area (Å²) in [5, 5.41) is 3.31. The van der Waals surface area contributed by atoms with E-state index in [1.165, 1.54) is 0 Å². The summed E-state index contributed by atoms with van der Waals surface area (Å²) in [7, 11) is 3.23. The average Bonchev–Trinajstić information content (AvgIpc) is 2.96. The molecule has 5 nitrogen and oxygen atoms in total. The molecule has 1 N–H and O–H groups in total. The fourth-order valence-electron chi connectivity index (χ4n) is 1.85. The number of methoxy groups -OCH3 is 2. The van der Waals surface area contributed by atoms with Gasteiger partial charge in [0, 0.05) is 31.8 Å². The van der Waals surface area contributed by atoms with E-state index in [-0.39, 0.29) is 0 Å². The fourth-order valence-corrected chi connectivity index (χ4v) is 1.85. The minimum absolute atomic E-state index is 0.626. The summed E-state index contributed by atoms with van der Waals surface area (Å²) in [6.45, 7) is 1.44. The first-order valence-corrected chi connectivity index (χ1v) is 6.14. The minimum Gasteiger partial charge on any atom is -0.493 e. The molecule has 5 heteroatoms. The summed E-state index contributed by atoms with van der Waals surface area (Å²) < 4.78 is 15.8. The predicted octanol–water partition coefficient (Wildman–Crippen LogP) is 2.02. The third kappa shape index (κ3) is 3.48. The molecule has 0 radical (unpaired) electrons. The summed E-state index contributed by atoms with van der Waals surface area (Å²) in [4.78, 5) is 4.30. The Kier molecular flexibility index (Phi) is 4.80. The largest absolute Gasteiger partial charge is 0.493 e. The van der Waals surface area contributed by atoms with E-state index in [1.807, 2.05) is 12.1 Å². The molecular formula is C14H18N2O3. The van der Waals surface area contributed by atoms with Crippen molar-refractivity contribution in [3.8, 4) is 11.5 Å². The second kappa shape index (κ2) is 6.80. The van der Waals surface area contributed by atoms with Gasteiger partial charge in [-0.2, -0.15) is 0 Å².